The fourth-order valence-corrected chi connectivity index (χ4v) is 1.88. The first kappa shape index (κ1) is 12.6. The third kappa shape index (κ3) is 2.67. The van der Waals surface area contributed by atoms with E-state index in [9.17, 15) is 9.59 Å². The van der Waals surface area contributed by atoms with Gasteiger partial charge >= 0.3 is 5.97 Å². The molecule has 0 aliphatic carbocycles. The lowest BCUT2D eigenvalue weighted by molar-refractivity contribution is -0.151. The third-order valence-electron chi connectivity index (χ3n) is 2.95. The SMILES string of the molecule is Cn1nccc1CNC(=O)[C@@H]1CC[C@H](C(=O)O)O1. The van der Waals surface area contributed by atoms with E-state index in [0.717, 1.165) is 5.69 Å². The average molecular weight is 253 g/mol. The second-order valence-electron chi connectivity index (χ2n) is 4.19. The van der Waals surface area contributed by atoms with Crippen LogP contribution >= 0.6 is 0 Å². The first-order chi connectivity index (χ1) is 8.58. The Morgan fingerprint density at radius 1 is 1.56 bits per heavy atom. The number of aliphatic carboxylic acids is 1. The summed E-state index contributed by atoms with van der Waals surface area (Å²) >= 11 is 0. The summed E-state index contributed by atoms with van der Waals surface area (Å²) in [6.07, 6.45) is 0.929. The number of aryl methyl sites for hydroxylation is 1. The number of carbonyl (C=O) groups excluding carboxylic acids is 1. The summed E-state index contributed by atoms with van der Waals surface area (Å²) < 4.78 is 6.81. The predicted molar refractivity (Wildman–Crippen MR) is 60.6 cm³/mol. The molecular formula is C11H15N3O4. The predicted octanol–water partition coefficient (Wildman–Crippen LogP) is -0.331. The van der Waals surface area contributed by atoms with Crippen molar-refractivity contribution in [3.8, 4) is 0 Å². The standard InChI is InChI=1S/C11H15N3O4/c1-14-7(4-5-13-14)6-12-10(15)8-2-3-9(18-8)11(16)17/h4-5,8-9H,2-3,6H2,1H3,(H,12,15)(H,16,17)/t8-,9+/m0/s1. The lowest BCUT2D eigenvalue weighted by atomic mass is 10.2. The summed E-state index contributed by atoms with van der Waals surface area (Å²) in [6.45, 7) is 0.354. The van der Waals surface area contributed by atoms with Crippen LogP contribution in [0.25, 0.3) is 0 Å². The topological polar surface area (TPSA) is 93.5 Å². The molecule has 2 atom stereocenters. The first-order valence-electron chi connectivity index (χ1n) is 5.71. The van der Waals surface area contributed by atoms with Gasteiger partial charge in [-0.3, -0.25) is 9.48 Å². The fraction of sp³-hybridized carbons (Fsp3) is 0.545. The van der Waals surface area contributed by atoms with Crippen LogP contribution in [0.3, 0.4) is 0 Å². The third-order valence-corrected chi connectivity index (χ3v) is 2.95. The highest BCUT2D eigenvalue weighted by molar-refractivity contribution is 5.82. The van der Waals surface area contributed by atoms with Gasteiger partial charge in [0, 0.05) is 13.2 Å². The van der Waals surface area contributed by atoms with Gasteiger partial charge in [-0.15, -0.1) is 0 Å². The van der Waals surface area contributed by atoms with Crippen molar-refractivity contribution in [2.24, 2.45) is 7.05 Å². The number of nitrogens with one attached hydrogen (secondary N) is 1. The second kappa shape index (κ2) is 5.18. The van der Waals surface area contributed by atoms with Crippen molar-refractivity contribution < 1.29 is 19.4 Å². The van der Waals surface area contributed by atoms with Crippen LogP contribution in [0.15, 0.2) is 12.3 Å². The van der Waals surface area contributed by atoms with Crippen LogP contribution in [0.1, 0.15) is 18.5 Å². The average Bonchev–Trinajstić information content (AvgIpc) is 2.94. The maximum Gasteiger partial charge on any atom is 0.332 e. The minimum Gasteiger partial charge on any atom is -0.479 e. The Bertz CT molecular complexity index is 457. The maximum absolute atomic E-state index is 11.8. The van der Waals surface area contributed by atoms with Crippen LogP contribution in [0.2, 0.25) is 0 Å². The smallest absolute Gasteiger partial charge is 0.332 e. The second-order valence-corrected chi connectivity index (χ2v) is 4.19. The van der Waals surface area contributed by atoms with Crippen molar-refractivity contribution in [2.75, 3.05) is 0 Å². The highest BCUT2D eigenvalue weighted by Gasteiger charge is 2.34. The molecule has 0 unspecified atom stereocenters. The summed E-state index contributed by atoms with van der Waals surface area (Å²) in [7, 11) is 1.79. The van der Waals surface area contributed by atoms with Gasteiger partial charge in [-0.2, -0.15) is 5.10 Å². The summed E-state index contributed by atoms with van der Waals surface area (Å²) in [5.74, 6) is -1.29. The van der Waals surface area contributed by atoms with E-state index in [1.165, 1.54) is 0 Å². The Morgan fingerprint density at radius 2 is 2.28 bits per heavy atom. The lowest BCUT2D eigenvalue weighted by Gasteiger charge is -2.11. The summed E-state index contributed by atoms with van der Waals surface area (Å²) in [5.41, 5.74) is 0.871. The first-order valence-corrected chi connectivity index (χ1v) is 5.71. The molecule has 1 aromatic rings. The molecule has 0 aromatic carbocycles. The largest absolute Gasteiger partial charge is 0.479 e. The molecule has 1 aromatic heterocycles. The molecule has 0 spiro atoms. The molecule has 7 heteroatoms. The number of rotatable bonds is 4. The normalized spacial score (nSPS) is 22.9. The van der Waals surface area contributed by atoms with Gasteiger partial charge in [-0.05, 0) is 18.9 Å². The monoisotopic (exact) mass is 253 g/mol. The Morgan fingerprint density at radius 3 is 2.83 bits per heavy atom. The summed E-state index contributed by atoms with van der Waals surface area (Å²) in [4.78, 5) is 22.5. The molecule has 1 aliphatic rings. The van der Waals surface area contributed by atoms with E-state index < -0.39 is 18.2 Å². The van der Waals surface area contributed by atoms with Gasteiger partial charge in [0.2, 0.25) is 5.91 Å². The molecule has 98 valence electrons. The molecule has 0 bridgehead atoms. The number of carbonyl (C=O) groups is 2. The van der Waals surface area contributed by atoms with E-state index in [4.69, 9.17) is 9.84 Å². The number of aromatic nitrogens is 2. The van der Waals surface area contributed by atoms with Gasteiger partial charge in [0.05, 0.1) is 12.2 Å². The minimum absolute atomic E-state index is 0.278. The quantitative estimate of drug-likeness (QED) is 0.766. The van der Waals surface area contributed by atoms with Crippen LogP contribution in [0.5, 0.6) is 0 Å². The molecular weight excluding hydrogens is 238 g/mol. The van der Waals surface area contributed by atoms with Gasteiger partial charge in [-0.1, -0.05) is 0 Å². The molecule has 7 nitrogen and oxygen atoms in total. The molecule has 0 radical (unpaired) electrons. The van der Waals surface area contributed by atoms with Crippen molar-refractivity contribution in [1.29, 1.82) is 0 Å². The van der Waals surface area contributed by atoms with Gasteiger partial charge < -0.3 is 15.2 Å². The van der Waals surface area contributed by atoms with E-state index in [2.05, 4.69) is 10.4 Å². The number of amides is 1. The van der Waals surface area contributed by atoms with E-state index in [0.29, 0.717) is 19.4 Å². The molecule has 1 aliphatic heterocycles. The summed E-state index contributed by atoms with van der Waals surface area (Å²) in [5, 5.41) is 15.5. The van der Waals surface area contributed by atoms with E-state index in [-0.39, 0.29) is 5.91 Å². The molecule has 1 fully saturated rings. The molecule has 2 N–H and O–H groups in total. The zero-order valence-electron chi connectivity index (χ0n) is 10.00. The Balaban J connectivity index is 1.83. The Hall–Kier alpha value is -1.89. The molecule has 2 heterocycles. The maximum atomic E-state index is 11.8. The minimum atomic E-state index is -1.02. The number of carboxylic acid groups (broad SMARTS) is 1. The number of carboxylic acids is 1. The molecule has 1 saturated heterocycles. The van der Waals surface area contributed by atoms with Crippen LogP contribution in [0, 0.1) is 0 Å². The van der Waals surface area contributed by atoms with Crippen molar-refractivity contribution in [1.82, 2.24) is 15.1 Å². The molecule has 0 saturated carbocycles. The number of hydrogen-bond donors (Lipinski definition) is 2. The number of hydrogen-bond acceptors (Lipinski definition) is 4. The molecule has 2 rings (SSSR count). The van der Waals surface area contributed by atoms with E-state index in [1.54, 1.807) is 24.0 Å². The van der Waals surface area contributed by atoms with Crippen molar-refractivity contribution in [3.05, 3.63) is 18.0 Å². The highest BCUT2D eigenvalue weighted by atomic mass is 16.5. The summed E-state index contributed by atoms with van der Waals surface area (Å²) in [6, 6.07) is 1.80. The number of ether oxygens (including phenoxy) is 1. The van der Waals surface area contributed by atoms with Crippen LogP contribution in [-0.4, -0.2) is 39.0 Å². The molecule has 18 heavy (non-hydrogen) atoms. The van der Waals surface area contributed by atoms with Crippen LogP contribution < -0.4 is 5.32 Å². The van der Waals surface area contributed by atoms with E-state index in [1.807, 2.05) is 0 Å². The van der Waals surface area contributed by atoms with Crippen molar-refractivity contribution >= 4 is 11.9 Å². The zero-order chi connectivity index (χ0) is 13.1. The van der Waals surface area contributed by atoms with Crippen LogP contribution in [0.4, 0.5) is 0 Å². The Kier molecular flexibility index (Phi) is 3.61. The van der Waals surface area contributed by atoms with Gasteiger partial charge in [0.15, 0.2) is 6.10 Å². The van der Waals surface area contributed by atoms with Gasteiger partial charge in [0.25, 0.3) is 0 Å². The highest BCUT2D eigenvalue weighted by Crippen LogP contribution is 2.19. The van der Waals surface area contributed by atoms with Crippen molar-refractivity contribution in [3.63, 3.8) is 0 Å². The fourth-order valence-electron chi connectivity index (χ4n) is 1.88. The van der Waals surface area contributed by atoms with Crippen LogP contribution in [-0.2, 0) is 27.9 Å². The van der Waals surface area contributed by atoms with Gasteiger partial charge in [-0.25, -0.2) is 4.79 Å². The zero-order valence-corrected chi connectivity index (χ0v) is 10.00. The Labute approximate surface area is 104 Å². The van der Waals surface area contributed by atoms with Gasteiger partial charge in [0.1, 0.15) is 6.10 Å². The lowest BCUT2D eigenvalue weighted by Crippen LogP contribution is -2.35. The van der Waals surface area contributed by atoms with Crippen molar-refractivity contribution in [2.45, 2.75) is 31.6 Å². The number of nitrogens with zero attached hydrogens (tertiary/aromatic N) is 2. The molecule has 1 amide bonds. The van der Waals surface area contributed by atoms with E-state index >= 15 is 0 Å².